The van der Waals surface area contributed by atoms with Crippen LogP contribution in [0.3, 0.4) is 0 Å². The number of benzene rings is 1. The highest BCUT2D eigenvalue weighted by Crippen LogP contribution is 2.32. The Labute approximate surface area is 125 Å². The van der Waals surface area contributed by atoms with Gasteiger partial charge in [0.15, 0.2) is 0 Å². The number of aromatic nitrogens is 1. The summed E-state index contributed by atoms with van der Waals surface area (Å²) >= 11 is 0. The van der Waals surface area contributed by atoms with Gasteiger partial charge in [0.25, 0.3) is 0 Å². The van der Waals surface area contributed by atoms with Crippen molar-refractivity contribution >= 4 is 22.1 Å². The molecule has 2 aliphatic rings. The summed E-state index contributed by atoms with van der Waals surface area (Å²) in [6.07, 6.45) is 6.61. The first kappa shape index (κ1) is 12.9. The Bertz CT molecular complexity index is 642. The number of nitrogens with zero attached hydrogens (tertiary/aromatic N) is 3. The molecule has 0 amide bonds. The van der Waals surface area contributed by atoms with E-state index in [1.165, 1.54) is 43.5 Å². The van der Waals surface area contributed by atoms with Crippen LogP contribution in [0.25, 0.3) is 10.8 Å². The molecule has 1 saturated heterocycles. The number of rotatable bonds is 3. The van der Waals surface area contributed by atoms with Crippen LogP contribution in [0, 0.1) is 5.92 Å². The number of pyridine rings is 1. The van der Waals surface area contributed by atoms with Gasteiger partial charge < -0.3 is 10.6 Å². The lowest BCUT2D eigenvalue weighted by Crippen LogP contribution is -2.47. The van der Waals surface area contributed by atoms with E-state index in [2.05, 4.69) is 26.9 Å². The predicted molar refractivity (Wildman–Crippen MR) is 87.5 cm³/mol. The molecule has 1 aromatic carbocycles. The molecular formula is C17H22N4. The maximum Gasteiger partial charge on any atom is 0.0449 e. The van der Waals surface area contributed by atoms with Gasteiger partial charge in [-0.2, -0.15) is 0 Å². The fourth-order valence-electron chi connectivity index (χ4n) is 3.31. The van der Waals surface area contributed by atoms with Crippen molar-refractivity contribution in [2.75, 3.05) is 43.4 Å². The molecular weight excluding hydrogens is 260 g/mol. The zero-order chi connectivity index (χ0) is 14.2. The summed E-state index contributed by atoms with van der Waals surface area (Å²) in [4.78, 5) is 9.32. The standard InChI is InChI=1S/C17H22N4/c18-16-3-4-17(14-5-6-19-11-15(14)16)21-9-7-20(8-10-21)12-13-1-2-13/h3-6,11,13H,1-2,7-10,12,18H2. The second kappa shape index (κ2) is 5.19. The maximum atomic E-state index is 6.07. The summed E-state index contributed by atoms with van der Waals surface area (Å²) in [6, 6.07) is 6.25. The number of hydrogen-bond donors (Lipinski definition) is 1. The predicted octanol–water partition coefficient (Wildman–Crippen LogP) is 2.35. The molecule has 2 fully saturated rings. The fraction of sp³-hybridized carbons (Fsp3) is 0.471. The summed E-state index contributed by atoms with van der Waals surface area (Å²) in [7, 11) is 0. The second-order valence-electron chi connectivity index (χ2n) is 6.33. The zero-order valence-electron chi connectivity index (χ0n) is 12.3. The molecule has 0 bridgehead atoms. The summed E-state index contributed by atoms with van der Waals surface area (Å²) in [5.74, 6) is 0.986. The molecule has 2 N–H and O–H groups in total. The highest BCUT2D eigenvalue weighted by Gasteiger charge is 2.26. The van der Waals surface area contributed by atoms with Gasteiger partial charge >= 0.3 is 0 Å². The van der Waals surface area contributed by atoms with Gasteiger partial charge in [0.2, 0.25) is 0 Å². The molecule has 0 atom stereocenters. The van der Waals surface area contributed by atoms with Crippen LogP contribution in [0.1, 0.15) is 12.8 Å². The highest BCUT2D eigenvalue weighted by atomic mass is 15.3. The molecule has 1 aliphatic carbocycles. The van der Waals surface area contributed by atoms with Crippen molar-refractivity contribution < 1.29 is 0 Å². The van der Waals surface area contributed by atoms with Gasteiger partial charge in [-0.1, -0.05) is 0 Å². The van der Waals surface area contributed by atoms with E-state index in [9.17, 15) is 0 Å². The fourth-order valence-corrected chi connectivity index (χ4v) is 3.31. The Morgan fingerprint density at radius 3 is 2.62 bits per heavy atom. The summed E-state index contributed by atoms with van der Waals surface area (Å²) in [5, 5.41) is 2.29. The van der Waals surface area contributed by atoms with Crippen molar-refractivity contribution in [3.05, 3.63) is 30.6 Å². The Kier molecular flexibility index (Phi) is 3.19. The minimum Gasteiger partial charge on any atom is -0.398 e. The molecule has 2 aromatic rings. The van der Waals surface area contributed by atoms with Gasteiger partial charge in [-0.3, -0.25) is 9.88 Å². The van der Waals surface area contributed by atoms with Crippen molar-refractivity contribution in [1.29, 1.82) is 0 Å². The van der Waals surface area contributed by atoms with E-state index in [1.807, 2.05) is 18.5 Å². The first-order valence-corrected chi connectivity index (χ1v) is 7.91. The Hall–Kier alpha value is -1.81. The van der Waals surface area contributed by atoms with Gasteiger partial charge in [0, 0.05) is 67.3 Å². The number of hydrogen-bond acceptors (Lipinski definition) is 4. The molecule has 0 radical (unpaired) electrons. The summed E-state index contributed by atoms with van der Waals surface area (Å²) in [5.41, 5.74) is 8.18. The first-order valence-electron chi connectivity index (χ1n) is 7.91. The largest absolute Gasteiger partial charge is 0.398 e. The van der Waals surface area contributed by atoms with E-state index < -0.39 is 0 Å². The number of nitrogen functional groups attached to an aromatic ring is 1. The molecule has 2 heterocycles. The number of fused-ring (bicyclic) bond motifs is 1. The monoisotopic (exact) mass is 282 g/mol. The minimum absolute atomic E-state index is 0.814. The van der Waals surface area contributed by atoms with Crippen LogP contribution in [0.2, 0.25) is 0 Å². The van der Waals surface area contributed by atoms with Crippen LogP contribution >= 0.6 is 0 Å². The smallest absolute Gasteiger partial charge is 0.0449 e. The van der Waals surface area contributed by atoms with Gasteiger partial charge in [0.1, 0.15) is 0 Å². The van der Waals surface area contributed by atoms with Crippen molar-refractivity contribution in [3.63, 3.8) is 0 Å². The number of anilines is 2. The van der Waals surface area contributed by atoms with E-state index in [-0.39, 0.29) is 0 Å². The minimum atomic E-state index is 0.814. The maximum absolute atomic E-state index is 6.07. The molecule has 4 rings (SSSR count). The van der Waals surface area contributed by atoms with Crippen molar-refractivity contribution in [2.24, 2.45) is 5.92 Å². The van der Waals surface area contributed by atoms with Crippen molar-refractivity contribution in [3.8, 4) is 0 Å². The molecule has 1 aromatic heterocycles. The van der Waals surface area contributed by atoms with Gasteiger partial charge in [0.05, 0.1) is 0 Å². The van der Waals surface area contributed by atoms with Gasteiger partial charge in [-0.05, 0) is 37.0 Å². The third-order valence-corrected chi connectivity index (χ3v) is 4.76. The molecule has 1 saturated carbocycles. The second-order valence-corrected chi connectivity index (χ2v) is 6.33. The lowest BCUT2D eigenvalue weighted by molar-refractivity contribution is 0.248. The Morgan fingerprint density at radius 2 is 1.86 bits per heavy atom. The quantitative estimate of drug-likeness (QED) is 0.878. The lowest BCUT2D eigenvalue weighted by atomic mass is 10.1. The van der Waals surface area contributed by atoms with E-state index in [0.717, 1.165) is 30.1 Å². The highest BCUT2D eigenvalue weighted by molar-refractivity contribution is 6.00. The molecule has 1 aliphatic heterocycles. The van der Waals surface area contributed by atoms with E-state index in [1.54, 1.807) is 0 Å². The zero-order valence-corrected chi connectivity index (χ0v) is 12.3. The van der Waals surface area contributed by atoms with E-state index >= 15 is 0 Å². The third kappa shape index (κ3) is 2.56. The lowest BCUT2D eigenvalue weighted by Gasteiger charge is -2.36. The molecule has 0 unspecified atom stereocenters. The molecule has 4 nitrogen and oxygen atoms in total. The molecule has 110 valence electrons. The van der Waals surface area contributed by atoms with Crippen LogP contribution in [-0.4, -0.2) is 42.6 Å². The number of nitrogens with two attached hydrogens (primary N) is 1. The topological polar surface area (TPSA) is 45.4 Å². The van der Waals surface area contributed by atoms with Crippen LogP contribution in [0.15, 0.2) is 30.6 Å². The molecule has 0 spiro atoms. The Balaban J connectivity index is 1.55. The summed E-state index contributed by atoms with van der Waals surface area (Å²) < 4.78 is 0. The van der Waals surface area contributed by atoms with Crippen LogP contribution in [0.4, 0.5) is 11.4 Å². The van der Waals surface area contributed by atoms with Crippen LogP contribution in [-0.2, 0) is 0 Å². The first-order chi connectivity index (χ1) is 10.3. The Morgan fingerprint density at radius 1 is 1.05 bits per heavy atom. The van der Waals surface area contributed by atoms with Gasteiger partial charge in [-0.15, -0.1) is 0 Å². The normalized spacial score (nSPS) is 20.1. The third-order valence-electron chi connectivity index (χ3n) is 4.76. The SMILES string of the molecule is Nc1ccc(N2CCN(CC3CC3)CC2)c2ccncc12. The van der Waals surface area contributed by atoms with E-state index in [0.29, 0.717) is 0 Å². The average Bonchev–Trinajstić information content (AvgIpc) is 3.33. The van der Waals surface area contributed by atoms with Crippen molar-refractivity contribution in [1.82, 2.24) is 9.88 Å². The van der Waals surface area contributed by atoms with Crippen LogP contribution < -0.4 is 10.6 Å². The van der Waals surface area contributed by atoms with E-state index in [4.69, 9.17) is 5.73 Å². The van der Waals surface area contributed by atoms with Gasteiger partial charge in [-0.25, -0.2) is 0 Å². The molecule has 21 heavy (non-hydrogen) atoms. The van der Waals surface area contributed by atoms with Crippen LogP contribution in [0.5, 0.6) is 0 Å². The summed E-state index contributed by atoms with van der Waals surface area (Å²) in [6.45, 7) is 5.86. The average molecular weight is 282 g/mol. The molecule has 4 heteroatoms. The number of piperazine rings is 1. The van der Waals surface area contributed by atoms with Crippen molar-refractivity contribution in [2.45, 2.75) is 12.8 Å².